The third-order valence-electron chi connectivity index (χ3n) is 0.813. The summed E-state index contributed by atoms with van der Waals surface area (Å²) in [5, 5.41) is 0. The largest absolute Gasteiger partial charge is 0.490 e. The summed E-state index contributed by atoms with van der Waals surface area (Å²) in [4.78, 5) is 19.9. The summed E-state index contributed by atoms with van der Waals surface area (Å²) in [6.07, 6.45) is -5.43. The van der Waals surface area contributed by atoms with Crippen LogP contribution in [0.3, 0.4) is 0 Å². The zero-order valence-electron chi connectivity index (χ0n) is 5.85. The summed E-state index contributed by atoms with van der Waals surface area (Å²) in [5.74, 6) is -3.14. The van der Waals surface area contributed by atoms with E-state index in [1.165, 1.54) is 0 Å². The number of halogens is 3. The van der Waals surface area contributed by atoms with E-state index < -0.39 is 31.1 Å². The zero-order valence-corrected chi connectivity index (χ0v) is 5.85. The minimum absolute atomic E-state index is 0.415. The average molecular weight is 185 g/mol. The number of esters is 1. The molecule has 7 heteroatoms. The molecule has 0 saturated heterocycles. The molecule has 0 aliphatic heterocycles. The number of carbonyl (C=O) groups excluding carboxylic acids is 2. The van der Waals surface area contributed by atoms with Crippen LogP contribution >= 0.6 is 0 Å². The second-order valence-electron chi connectivity index (χ2n) is 1.85. The van der Waals surface area contributed by atoms with Crippen LogP contribution in [0.2, 0.25) is 0 Å². The van der Waals surface area contributed by atoms with Crippen LogP contribution in [0.5, 0.6) is 0 Å². The first-order chi connectivity index (χ1) is 5.34. The van der Waals surface area contributed by atoms with E-state index in [4.69, 9.17) is 0 Å². The van der Waals surface area contributed by atoms with Gasteiger partial charge in [0.2, 0.25) is 5.91 Å². The molecular formula is C5H6F3NO3. The van der Waals surface area contributed by atoms with E-state index >= 15 is 0 Å². The van der Waals surface area contributed by atoms with E-state index in [1.807, 2.05) is 0 Å². The van der Waals surface area contributed by atoms with Gasteiger partial charge in [-0.1, -0.05) is 0 Å². The Kier molecular flexibility index (Phi) is 3.52. The lowest BCUT2D eigenvalue weighted by molar-refractivity contribution is -0.199. The van der Waals surface area contributed by atoms with Crippen molar-refractivity contribution >= 4 is 11.9 Å². The SMILES string of the molecule is NC(=O)CCOC(=O)C(F)(F)F. The maximum absolute atomic E-state index is 11.4. The summed E-state index contributed by atoms with van der Waals surface area (Å²) < 4.78 is 37.8. The van der Waals surface area contributed by atoms with Gasteiger partial charge in [-0.3, -0.25) is 4.79 Å². The van der Waals surface area contributed by atoms with Gasteiger partial charge in [-0.25, -0.2) is 4.79 Å². The molecule has 70 valence electrons. The standard InChI is InChI=1S/C5H6F3NO3/c6-5(7,8)4(11)12-2-1-3(9)10/h1-2H2,(H2,9,10). The van der Waals surface area contributed by atoms with Crippen molar-refractivity contribution in [2.24, 2.45) is 5.73 Å². The zero-order chi connectivity index (χ0) is 9.78. The van der Waals surface area contributed by atoms with Crippen LogP contribution in [-0.4, -0.2) is 24.7 Å². The van der Waals surface area contributed by atoms with Gasteiger partial charge in [0.25, 0.3) is 0 Å². The third-order valence-corrected chi connectivity index (χ3v) is 0.813. The molecule has 0 rings (SSSR count). The van der Waals surface area contributed by atoms with Gasteiger partial charge in [0, 0.05) is 0 Å². The number of carbonyl (C=O) groups is 2. The fourth-order valence-electron chi connectivity index (χ4n) is 0.326. The second kappa shape index (κ2) is 3.93. The van der Waals surface area contributed by atoms with Crippen LogP contribution < -0.4 is 5.73 Å². The van der Waals surface area contributed by atoms with Gasteiger partial charge in [-0.15, -0.1) is 0 Å². The molecular weight excluding hydrogens is 179 g/mol. The van der Waals surface area contributed by atoms with Gasteiger partial charge in [0.1, 0.15) is 6.61 Å². The third kappa shape index (κ3) is 4.53. The van der Waals surface area contributed by atoms with Crippen molar-refractivity contribution in [3.8, 4) is 0 Å². The van der Waals surface area contributed by atoms with Gasteiger partial charge in [0.15, 0.2) is 0 Å². The van der Waals surface area contributed by atoms with Gasteiger partial charge in [-0.2, -0.15) is 13.2 Å². The van der Waals surface area contributed by atoms with Crippen molar-refractivity contribution in [3.63, 3.8) is 0 Å². The lowest BCUT2D eigenvalue weighted by atomic mass is 10.4. The molecule has 0 aromatic rings. The van der Waals surface area contributed by atoms with Crippen LogP contribution in [-0.2, 0) is 14.3 Å². The summed E-state index contributed by atoms with van der Waals surface area (Å²) >= 11 is 0. The molecule has 0 fully saturated rings. The topological polar surface area (TPSA) is 69.4 Å². The van der Waals surface area contributed by atoms with Crippen LogP contribution in [0.1, 0.15) is 6.42 Å². The van der Waals surface area contributed by atoms with Crippen molar-refractivity contribution < 1.29 is 27.5 Å². The Bertz CT molecular complexity index is 189. The molecule has 0 aromatic carbocycles. The molecule has 0 atom stereocenters. The van der Waals surface area contributed by atoms with Gasteiger partial charge >= 0.3 is 12.1 Å². The van der Waals surface area contributed by atoms with Crippen molar-refractivity contribution in [1.82, 2.24) is 0 Å². The van der Waals surface area contributed by atoms with E-state index in [-0.39, 0.29) is 0 Å². The Morgan fingerprint density at radius 2 is 1.83 bits per heavy atom. The highest BCUT2D eigenvalue weighted by Gasteiger charge is 2.40. The maximum atomic E-state index is 11.4. The first-order valence-corrected chi connectivity index (χ1v) is 2.86. The number of rotatable bonds is 3. The predicted molar refractivity (Wildman–Crippen MR) is 30.8 cm³/mol. The van der Waals surface area contributed by atoms with Crippen molar-refractivity contribution in [3.05, 3.63) is 0 Å². The number of alkyl halides is 3. The van der Waals surface area contributed by atoms with Crippen molar-refractivity contribution in [2.45, 2.75) is 12.6 Å². The lowest BCUT2D eigenvalue weighted by Gasteiger charge is -2.05. The van der Waals surface area contributed by atoms with Crippen molar-refractivity contribution in [1.29, 1.82) is 0 Å². The summed E-state index contributed by atoms with van der Waals surface area (Å²) in [7, 11) is 0. The molecule has 0 aromatic heterocycles. The number of hydrogen-bond acceptors (Lipinski definition) is 3. The Balaban J connectivity index is 3.66. The first kappa shape index (κ1) is 10.7. The Labute approximate surface area is 65.5 Å². The lowest BCUT2D eigenvalue weighted by Crippen LogP contribution is -2.27. The number of amides is 1. The van der Waals surface area contributed by atoms with Crippen LogP contribution in [0.4, 0.5) is 13.2 Å². The number of primary amides is 1. The number of nitrogens with two attached hydrogens (primary N) is 1. The molecule has 0 heterocycles. The predicted octanol–water partition coefficient (Wildman–Crippen LogP) is -0.0327. The molecule has 0 aliphatic rings. The minimum Gasteiger partial charge on any atom is -0.458 e. The van der Waals surface area contributed by atoms with E-state index in [0.29, 0.717) is 0 Å². The Morgan fingerprint density at radius 3 is 2.17 bits per heavy atom. The highest BCUT2D eigenvalue weighted by atomic mass is 19.4. The van der Waals surface area contributed by atoms with E-state index in [0.717, 1.165) is 0 Å². The van der Waals surface area contributed by atoms with Crippen LogP contribution in [0, 0.1) is 0 Å². The fourth-order valence-corrected chi connectivity index (χ4v) is 0.326. The van der Waals surface area contributed by atoms with E-state index in [9.17, 15) is 22.8 Å². The molecule has 0 unspecified atom stereocenters. The first-order valence-electron chi connectivity index (χ1n) is 2.86. The van der Waals surface area contributed by atoms with Crippen molar-refractivity contribution in [2.75, 3.05) is 6.61 Å². The second-order valence-corrected chi connectivity index (χ2v) is 1.85. The summed E-state index contributed by atoms with van der Waals surface area (Å²) in [5.41, 5.74) is 4.58. The van der Waals surface area contributed by atoms with Gasteiger partial charge in [0.05, 0.1) is 6.42 Å². The molecule has 0 bridgehead atoms. The molecule has 0 radical (unpaired) electrons. The Hall–Kier alpha value is -1.27. The normalized spacial score (nSPS) is 10.9. The summed E-state index contributed by atoms with van der Waals surface area (Å²) in [6, 6.07) is 0. The maximum Gasteiger partial charge on any atom is 0.490 e. The molecule has 2 N–H and O–H groups in total. The molecule has 12 heavy (non-hydrogen) atoms. The van der Waals surface area contributed by atoms with E-state index in [2.05, 4.69) is 10.5 Å². The monoisotopic (exact) mass is 185 g/mol. The highest BCUT2D eigenvalue weighted by Crippen LogP contribution is 2.16. The smallest absolute Gasteiger partial charge is 0.458 e. The fraction of sp³-hybridized carbons (Fsp3) is 0.600. The molecule has 0 saturated carbocycles. The quantitative estimate of drug-likeness (QED) is 0.627. The molecule has 0 aliphatic carbocycles. The number of hydrogen-bond donors (Lipinski definition) is 1. The highest BCUT2D eigenvalue weighted by molar-refractivity contribution is 5.77. The number of ether oxygens (including phenoxy) is 1. The summed E-state index contributed by atoms with van der Waals surface area (Å²) in [6.45, 7) is -0.645. The van der Waals surface area contributed by atoms with Crippen LogP contribution in [0.25, 0.3) is 0 Å². The van der Waals surface area contributed by atoms with E-state index in [1.54, 1.807) is 0 Å². The molecule has 0 spiro atoms. The molecule has 1 amide bonds. The minimum atomic E-state index is -5.02. The average Bonchev–Trinajstić information content (AvgIpc) is 1.84. The Morgan fingerprint density at radius 1 is 1.33 bits per heavy atom. The van der Waals surface area contributed by atoms with Crippen LogP contribution in [0.15, 0.2) is 0 Å². The molecule has 4 nitrogen and oxygen atoms in total. The van der Waals surface area contributed by atoms with Gasteiger partial charge < -0.3 is 10.5 Å². The van der Waals surface area contributed by atoms with Gasteiger partial charge in [-0.05, 0) is 0 Å².